The average Bonchev–Trinajstić information content (AvgIpc) is 2.61. The predicted molar refractivity (Wildman–Crippen MR) is 102 cm³/mol. The van der Waals surface area contributed by atoms with Gasteiger partial charge in [-0.2, -0.15) is 0 Å². The Hall–Kier alpha value is -0.850. The Morgan fingerprint density at radius 1 is 1.07 bits per heavy atom. The van der Waals surface area contributed by atoms with Crippen LogP contribution in [-0.4, -0.2) is 79.6 Å². The van der Waals surface area contributed by atoms with E-state index in [0.29, 0.717) is 38.3 Å². The summed E-state index contributed by atoms with van der Waals surface area (Å²) in [5.41, 5.74) is 0.416. The summed E-state index contributed by atoms with van der Waals surface area (Å²) in [5.74, 6) is 2.83. The monoisotopic (exact) mass is 380 g/mol. The topological polar surface area (TPSA) is 62.2 Å². The van der Waals surface area contributed by atoms with Gasteiger partial charge < -0.3 is 19.5 Å². The third kappa shape index (κ3) is 4.60. The molecule has 1 heterocycles. The lowest BCUT2D eigenvalue weighted by Crippen LogP contribution is -2.51. The van der Waals surface area contributed by atoms with Crippen molar-refractivity contribution in [2.24, 2.45) is 23.2 Å². The van der Waals surface area contributed by atoms with Crippen LogP contribution in [0, 0.1) is 23.2 Å². The third-order valence-electron chi connectivity index (χ3n) is 7.25. The van der Waals surface area contributed by atoms with Gasteiger partial charge in [0.25, 0.3) is 0 Å². The minimum absolute atomic E-state index is 0.225. The van der Waals surface area contributed by atoms with Crippen molar-refractivity contribution in [3.8, 4) is 0 Å². The van der Waals surface area contributed by atoms with Gasteiger partial charge in [-0.3, -0.25) is 4.90 Å². The molecular weight excluding hydrogens is 344 g/mol. The van der Waals surface area contributed by atoms with E-state index in [-0.39, 0.29) is 6.09 Å². The zero-order chi connectivity index (χ0) is 18.9. The summed E-state index contributed by atoms with van der Waals surface area (Å²) in [6.45, 7) is 7.03. The summed E-state index contributed by atoms with van der Waals surface area (Å²) in [6, 6.07) is 0. The maximum absolute atomic E-state index is 11.7. The van der Waals surface area contributed by atoms with Crippen LogP contribution in [0.25, 0.3) is 0 Å². The highest BCUT2D eigenvalue weighted by molar-refractivity contribution is 5.67. The quantitative estimate of drug-likeness (QED) is 0.735. The van der Waals surface area contributed by atoms with E-state index < -0.39 is 6.10 Å². The van der Waals surface area contributed by atoms with Gasteiger partial charge >= 0.3 is 6.09 Å². The average molecular weight is 381 g/mol. The van der Waals surface area contributed by atoms with Gasteiger partial charge in [-0.15, -0.1) is 0 Å². The van der Waals surface area contributed by atoms with Crippen molar-refractivity contribution in [2.45, 2.75) is 51.6 Å². The Morgan fingerprint density at radius 3 is 2.22 bits per heavy atom. The maximum atomic E-state index is 11.7. The minimum atomic E-state index is -0.451. The first-order chi connectivity index (χ1) is 13.0. The number of carbonyl (C=O) groups excluding carboxylic acids is 1. The molecule has 0 unspecified atom stereocenters. The fourth-order valence-corrected chi connectivity index (χ4v) is 6.56. The molecule has 1 atom stereocenters. The Kier molecular flexibility index (Phi) is 5.95. The number of β-amino-alcohol motifs (C(OH)–C–C–N with tert-alkyl or cyclic N) is 1. The fourth-order valence-electron chi connectivity index (χ4n) is 6.56. The van der Waals surface area contributed by atoms with E-state index in [4.69, 9.17) is 9.47 Å². The van der Waals surface area contributed by atoms with Gasteiger partial charge in [-0.05, 0) is 68.6 Å². The Morgan fingerprint density at radius 2 is 1.67 bits per heavy atom. The van der Waals surface area contributed by atoms with E-state index in [0.717, 1.165) is 37.5 Å². The molecule has 0 radical (unpaired) electrons. The van der Waals surface area contributed by atoms with Gasteiger partial charge in [0.05, 0.1) is 25.9 Å². The number of rotatable bonds is 7. The van der Waals surface area contributed by atoms with Crippen LogP contribution in [0.5, 0.6) is 0 Å². The first kappa shape index (κ1) is 19.5. The summed E-state index contributed by atoms with van der Waals surface area (Å²) in [4.78, 5) is 15.7. The molecule has 4 saturated carbocycles. The lowest BCUT2D eigenvalue weighted by atomic mass is 9.50. The number of aliphatic hydroxyl groups is 1. The van der Waals surface area contributed by atoms with E-state index in [1.54, 1.807) is 4.90 Å². The van der Waals surface area contributed by atoms with Crippen LogP contribution in [0.1, 0.15) is 45.4 Å². The van der Waals surface area contributed by atoms with Gasteiger partial charge in [0.1, 0.15) is 0 Å². The number of carbonyl (C=O) groups is 1. The summed E-state index contributed by atoms with van der Waals surface area (Å²) in [5, 5.41) is 10.4. The Balaban J connectivity index is 1.15. The summed E-state index contributed by atoms with van der Waals surface area (Å²) in [7, 11) is 0. The van der Waals surface area contributed by atoms with Crippen LogP contribution in [0.3, 0.4) is 0 Å². The van der Waals surface area contributed by atoms with Crippen LogP contribution >= 0.6 is 0 Å². The molecule has 4 aliphatic carbocycles. The predicted octanol–water partition coefficient (Wildman–Crippen LogP) is 2.35. The van der Waals surface area contributed by atoms with Gasteiger partial charge in [0.15, 0.2) is 0 Å². The van der Waals surface area contributed by atoms with Crippen molar-refractivity contribution >= 4 is 6.09 Å². The molecule has 6 heteroatoms. The molecule has 5 aliphatic rings. The standard InChI is InChI=1S/C21H36N2O4/c1-2-27-20(25)23-5-3-22(4-6-23)13-19(24)14-26-15-21-10-16-7-17(11-21)9-18(8-16)12-21/h16-19,24H,2-15H2,1H3/t16?,17?,18?,19-,21?/m0/s1. The Labute approximate surface area is 163 Å². The lowest BCUT2D eigenvalue weighted by Gasteiger charge is -2.56. The number of hydrogen-bond acceptors (Lipinski definition) is 5. The van der Waals surface area contributed by atoms with Crippen molar-refractivity contribution in [1.29, 1.82) is 0 Å². The van der Waals surface area contributed by atoms with E-state index in [2.05, 4.69) is 4.90 Å². The van der Waals surface area contributed by atoms with Crippen molar-refractivity contribution in [3.05, 3.63) is 0 Å². The number of hydrogen-bond donors (Lipinski definition) is 1. The molecule has 4 bridgehead atoms. The van der Waals surface area contributed by atoms with E-state index in [9.17, 15) is 9.90 Å². The Bertz CT molecular complexity index is 483. The van der Waals surface area contributed by atoms with Gasteiger partial charge in [0.2, 0.25) is 0 Å². The number of nitrogens with zero attached hydrogens (tertiary/aromatic N) is 2. The zero-order valence-electron chi connectivity index (χ0n) is 16.8. The first-order valence-electron chi connectivity index (χ1n) is 10.9. The molecule has 0 spiro atoms. The molecule has 5 fully saturated rings. The molecule has 6 nitrogen and oxygen atoms in total. The smallest absolute Gasteiger partial charge is 0.409 e. The molecule has 1 aliphatic heterocycles. The van der Waals surface area contributed by atoms with E-state index in [1.165, 1.54) is 38.5 Å². The second kappa shape index (κ2) is 8.26. The highest BCUT2D eigenvalue weighted by Gasteiger charge is 2.50. The van der Waals surface area contributed by atoms with Crippen molar-refractivity contribution in [1.82, 2.24) is 9.80 Å². The molecule has 0 aromatic carbocycles. The molecule has 0 aromatic heterocycles. The highest BCUT2D eigenvalue weighted by Crippen LogP contribution is 2.60. The fraction of sp³-hybridized carbons (Fsp3) is 0.952. The zero-order valence-corrected chi connectivity index (χ0v) is 16.8. The van der Waals surface area contributed by atoms with Crippen molar-refractivity contribution in [2.75, 3.05) is 52.5 Å². The first-order valence-corrected chi connectivity index (χ1v) is 10.9. The van der Waals surface area contributed by atoms with Gasteiger partial charge in [-0.1, -0.05) is 0 Å². The number of aliphatic hydroxyl groups excluding tert-OH is 1. The lowest BCUT2D eigenvalue weighted by molar-refractivity contribution is -0.107. The molecule has 154 valence electrons. The highest BCUT2D eigenvalue weighted by atomic mass is 16.6. The van der Waals surface area contributed by atoms with Crippen LogP contribution in [0.15, 0.2) is 0 Å². The van der Waals surface area contributed by atoms with Crippen molar-refractivity contribution in [3.63, 3.8) is 0 Å². The molecular formula is C21H36N2O4. The number of ether oxygens (including phenoxy) is 2. The second-order valence-corrected chi connectivity index (χ2v) is 9.57. The van der Waals surface area contributed by atoms with Crippen LogP contribution in [-0.2, 0) is 9.47 Å². The van der Waals surface area contributed by atoms with Gasteiger partial charge in [0, 0.05) is 32.7 Å². The van der Waals surface area contributed by atoms with E-state index >= 15 is 0 Å². The summed E-state index contributed by atoms with van der Waals surface area (Å²) >= 11 is 0. The molecule has 1 N–H and O–H groups in total. The van der Waals surface area contributed by atoms with Crippen LogP contribution in [0.2, 0.25) is 0 Å². The largest absolute Gasteiger partial charge is 0.450 e. The molecule has 1 amide bonds. The molecule has 1 saturated heterocycles. The summed E-state index contributed by atoms with van der Waals surface area (Å²) < 4.78 is 11.1. The van der Waals surface area contributed by atoms with Gasteiger partial charge in [-0.25, -0.2) is 4.79 Å². The third-order valence-corrected chi connectivity index (χ3v) is 7.25. The van der Waals surface area contributed by atoms with Crippen LogP contribution in [0.4, 0.5) is 4.79 Å². The van der Waals surface area contributed by atoms with E-state index in [1.807, 2.05) is 6.92 Å². The number of piperazine rings is 1. The van der Waals surface area contributed by atoms with Crippen molar-refractivity contribution < 1.29 is 19.4 Å². The molecule has 0 aromatic rings. The SMILES string of the molecule is CCOC(=O)N1CCN(C[C@H](O)COCC23CC4CC(CC(C4)C2)C3)CC1. The second-order valence-electron chi connectivity index (χ2n) is 9.57. The number of amides is 1. The summed E-state index contributed by atoms with van der Waals surface area (Å²) in [6.07, 6.45) is 7.75. The maximum Gasteiger partial charge on any atom is 0.409 e. The normalized spacial score (nSPS) is 36.8. The minimum Gasteiger partial charge on any atom is -0.450 e. The molecule has 5 rings (SSSR count). The molecule has 27 heavy (non-hydrogen) atoms. The van der Waals surface area contributed by atoms with Crippen LogP contribution < -0.4 is 0 Å².